The van der Waals surface area contributed by atoms with Gasteiger partial charge in [0, 0.05) is 60.8 Å². The Balaban J connectivity index is 1.42. The van der Waals surface area contributed by atoms with Gasteiger partial charge in [-0.25, -0.2) is 9.97 Å². The van der Waals surface area contributed by atoms with Crippen LogP contribution in [0, 0.1) is 0 Å². The van der Waals surface area contributed by atoms with Crippen molar-refractivity contribution in [1.29, 1.82) is 0 Å². The summed E-state index contributed by atoms with van der Waals surface area (Å²) in [6.07, 6.45) is 5.86. The molecule has 1 fully saturated rings. The van der Waals surface area contributed by atoms with Crippen molar-refractivity contribution in [2.24, 2.45) is 0 Å². The molecule has 1 amide bonds. The van der Waals surface area contributed by atoms with Crippen molar-refractivity contribution in [2.45, 2.75) is 12.8 Å². The molecule has 5 rings (SSSR count). The number of ether oxygens (including phenoxy) is 1. The van der Waals surface area contributed by atoms with Gasteiger partial charge in [-0.1, -0.05) is 6.07 Å². The van der Waals surface area contributed by atoms with Crippen LogP contribution in [-0.4, -0.2) is 59.5 Å². The summed E-state index contributed by atoms with van der Waals surface area (Å²) in [5.41, 5.74) is 10.9. The maximum atomic E-state index is 13.2. The first-order valence-corrected chi connectivity index (χ1v) is 10.9. The zero-order valence-corrected chi connectivity index (χ0v) is 18.1. The maximum Gasteiger partial charge on any atom is 0.251 e. The second-order valence-corrected chi connectivity index (χ2v) is 8.07. The van der Waals surface area contributed by atoms with Crippen molar-refractivity contribution < 1.29 is 14.3 Å². The molecule has 1 saturated heterocycles. The average Bonchev–Trinajstić information content (AvgIpc) is 2.85. The van der Waals surface area contributed by atoms with Crippen LogP contribution < -0.4 is 16.0 Å². The lowest BCUT2D eigenvalue weighted by Crippen LogP contribution is -2.37. The van der Waals surface area contributed by atoms with E-state index in [1.807, 2.05) is 18.2 Å². The molecule has 9 heteroatoms. The van der Waals surface area contributed by atoms with E-state index in [0.717, 1.165) is 41.9 Å². The number of aromatic nitrogens is 3. The Morgan fingerprint density at radius 1 is 1.18 bits per heavy atom. The van der Waals surface area contributed by atoms with Crippen LogP contribution in [0.25, 0.3) is 11.3 Å². The van der Waals surface area contributed by atoms with Crippen molar-refractivity contribution in [1.82, 2.24) is 20.3 Å². The van der Waals surface area contributed by atoms with Crippen LogP contribution in [-0.2, 0) is 17.6 Å². The molecule has 3 N–H and O–H groups in total. The van der Waals surface area contributed by atoms with Gasteiger partial charge in [0.1, 0.15) is 5.69 Å². The first-order chi connectivity index (χ1) is 16.1. The summed E-state index contributed by atoms with van der Waals surface area (Å²) in [5, 5.41) is 2.84. The third kappa shape index (κ3) is 4.27. The summed E-state index contributed by atoms with van der Waals surface area (Å²) in [7, 11) is 0. The van der Waals surface area contributed by atoms with E-state index >= 15 is 0 Å². The number of morpholine rings is 1. The monoisotopic (exact) mass is 444 g/mol. The minimum absolute atomic E-state index is 0.0744. The van der Waals surface area contributed by atoms with Gasteiger partial charge >= 0.3 is 0 Å². The summed E-state index contributed by atoms with van der Waals surface area (Å²) in [6.45, 7) is 3.43. The molecule has 0 spiro atoms. The molecule has 0 saturated carbocycles. The van der Waals surface area contributed by atoms with E-state index in [9.17, 15) is 9.59 Å². The highest BCUT2D eigenvalue weighted by atomic mass is 16.5. The van der Waals surface area contributed by atoms with Crippen molar-refractivity contribution in [3.05, 3.63) is 65.2 Å². The minimum Gasteiger partial charge on any atom is -0.382 e. The van der Waals surface area contributed by atoms with Gasteiger partial charge in [-0.05, 0) is 30.2 Å². The molecule has 0 radical (unpaired) electrons. The first-order valence-electron chi connectivity index (χ1n) is 10.9. The van der Waals surface area contributed by atoms with Crippen LogP contribution >= 0.6 is 0 Å². The van der Waals surface area contributed by atoms with Crippen molar-refractivity contribution in [2.75, 3.05) is 43.5 Å². The number of nitrogens with two attached hydrogens (primary N) is 1. The topological polar surface area (TPSA) is 123 Å². The standard InChI is InChI=1S/C24H24N6O3/c25-23-22(21(31)12-17-13-26-5-4-20(17)30-7-9-33-10-8-30)29-19(14-28-23)16-1-2-18-15(11-16)3-6-27-24(18)32/h1-2,4-5,11,13-14H,3,6-10,12H2,(H2,25,28)(H,27,32). The molecule has 0 bridgehead atoms. The van der Waals surface area contributed by atoms with E-state index in [1.165, 1.54) is 0 Å². The van der Waals surface area contributed by atoms with Crippen LogP contribution in [0.3, 0.4) is 0 Å². The smallest absolute Gasteiger partial charge is 0.251 e. The van der Waals surface area contributed by atoms with E-state index in [0.29, 0.717) is 31.0 Å². The average molecular weight is 444 g/mol. The number of anilines is 2. The Kier molecular flexibility index (Phi) is 5.70. The fourth-order valence-corrected chi connectivity index (χ4v) is 4.26. The van der Waals surface area contributed by atoms with Crippen LogP contribution in [0.15, 0.2) is 42.9 Å². The van der Waals surface area contributed by atoms with Gasteiger partial charge in [-0.15, -0.1) is 0 Å². The third-order valence-corrected chi connectivity index (χ3v) is 5.97. The second-order valence-electron chi connectivity index (χ2n) is 8.07. The molecule has 33 heavy (non-hydrogen) atoms. The number of Topliss-reactive ketones (excluding diaryl/α,β-unsaturated/α-hetero) is 1. The van der Waals surface area contributed by atoms with Crippen molar-refractivity contribution in [3.63, 3.8) is 0 Å². The lowest BCUT2D eigenvalue weighted by molar-refractivity contribution is 0.0944. The first kappa shape index (κ1) is 21.0. The van der Waals surface area contributed by atoms with Gasteiger partial charge in [-0.3, -0.25) is 14.6 Å². The number of benzene rings is 1. The SMILES string of the molecule is Nc1ncc(-c2ccc3c(c2)CCNC3=O)nc1C(=O)Cc1cnccc1N1CCOCC1. The third-order valence-electron chi connectivity index (χ3n) is 5.97. The number of nitrogen functional groups attached to an aromatic ring is 1. The molecule has 2 aromatic heterocycles. The molecule has 2 aliphatic rings. The van der Waals surface area contributed by atoms with E-state index < -0.39 is 0 Å². The molecule has 0 aliphatic carbocycles. The Morgan fingerprint density at radius 2 is 2.03 bits per heavy atom. The highest BCUT2D eigenvalue weighted by Gasteiger charge is 2.21. The molecule has 0 unspecified atom stereocenters. The zero-order valence-electron chi connectivity index (χ0n) is 18.1. The molecular formula is C24H24N6O3. The highest BCUT2D eigenvalue weighted by molar-refractivity contribution is 6.00. The number of hydrogen-bond acceptors (Lipinski definition) is 8. The van der Waals surface area contributed by atoms with E-state index in [1.54, 1.807) is 24.7 Å². The number of carbonyl (C=O) groups excluding carboxylic acids is 2. The Morgan fingerprint density at radius 3 is 2.88 bits per heavy atom. The van der Waals surface area contributed by atoms with Crippen LogP contribution in [0.2, 0.25) is 0 Å². The Bertz CT molecular complexity index is 1220. The normalized spacial score (nSPS) is 15.6. The van der Waals surface area contributed by atoms with Crippen molar-refractivity contribution >= 4 is 23.2 Å². The summed E-state index contributed by atoms with van der Waals surface area (Å²) in [6, 6.07) is 7.45. The molecular weight excluding hydrogens is 420 g/mol. The van der Waals surface area contributed by atoms with Crippen LogP contribution in [0.4, 0.5) is 11.5 Å². The van der Waals surface area contributed by atoms with Gasteiger partial charge in [0.2, 0.25) is 0 Å². The number of pyridine rings is 1. The molecule has 0 atom stereocenters. The number of nitrogens with zero attached hydrogens (tertiary/aromatic N) is 4. The number of fused-ring (bicyclic) bond motifs is 1. The molecule has 1 aromatic carbocycles. The number of nitrogens with one attached hydrogen (secondary N) is 1. The fraction of sp³-hybridized carbons (Fsp3) is 0.292. The summed E-state index contributed by atoms with van der Waals surface area (Å²) >= 11 is 0. The van der Waals surface area contributed by atoms with Crippen LogP contribution in [0.1, 0.15) is 32.0 Å². The molecule has 168 valence electrons. The van der Waals surface area contributed by atoms with E-state index in [-0.39, 0.29) is 29.6 Å². The Hall–Kier alpha value is -3.85. The number of ketones is 1. The lowest BCUT2D eigenvalue weighted by Gasteiger charge is -2.30. The van der Waals surface area contributed by atoms with Gasteiger partial charge in [0.15, 0.2) is 11.6 Å². The molecule has 4 heterocycles. The van der Waals surface area contributed by atoms with Gasteiger partial charge in [-0.2, -0.15) is 0 Å². The fourth-order valence-electron chi connectivity index (χ4n) is 4.26. The predicted molar refractivity (Wildman–Crippen MR) is 123 cm³/mol. The second kappa shape index (κ2) is 8.95. The quantitative estimate of drug-likeness (QED) is 0.570. The molecule has 3 aromatic rings. The largest absolute Gasteiger partial charge is 0.382 e. The van der Waals surface area contributed by atoms with E-state index in [4.69, 9.17) is 10.5 Å². The van der Waals surface area contributed by atoms with E-state index in [2.05, 4.69) is 25.2 Å². The Labute approximate surface area is 191 Å². The van der Waals surface area contributed by atoms with Gasteiger partial charge in [0.25, 0.3) is 5.91 Å². The number of hydrogen-bond donors (Lipinski definition) is 2. The number of rotatable bonds is 5. The lowest BCUT2D eigenvalue weighted by atomic mass is 9.97. The number of carbonyl (C=O) groups is 2. The molecule has 9 nitrogen and oxygen atoms in total. The minimum atomic E-state index is -0.221. The number of amides is 1. The summed E-state index contributed by atoms with van der Waals surface area (Å²) in [5.74, 6) is -0.200. The van der Waals surface area contributed by atoms with Gasteiger partial charge < -0.3 is 20.7 Å². The van der Waals surface area contributed by atoms with Crippen molar-refractivity contribution in [3.8, 4) is 11.3 Å². The highest BCUT2D eigenvalue weighted by Crippen LogP contribution is 2.26. The molecule has 2 aliphatic heterocycles. The summed E-state index contributed by atoms with van der Waals surface area (Å²) < 4.78 is 5.44. The predicted octanol–water partition coefficient (Wildman–Crippen LogP) is 1.67. The zero-order chi connectivity index (χ0) is 22.8. The summed E-state index contributed by atoms with van der Waals surface area (Å²) in [4.78, 5) is 40.4. The maximum absolute atomic E-state index is 13.2. The van der Waals surface area contributed by atoms with Crippen LogP contribution in [0.5, 0.6) is 0 Å². The van der Waals surface area contributed by atoms with Gasteiger partial charge in [0.05, 0.1) is 25.1 Å².